The minimum atomic E-state index is -0.199. The predicted molar refractivity (Wildman–Crippen MR) is 113 cm³/mol. The van der Waals surface area contributed by atoms with Crippen LogP contribution >= 0.6 is 0 Å². The maximum atomic E-state index is 14.7. The Balaban J connectivity index is 1.52. The Hall–Kier alpha value is -3.68. The van der Waals surface area contributed by atoms with Crippen molar-refractivity contribution in [2.24, 2.45) is 0 Å². The zero-order chi connectivity index (χ0) is 21.1. The van der Waals surface area contributed by atoms with E-state index < -0.39 is 0 Å². The van der Waals surface area contributed by atoms with Crippen LogP contribution in [0.5, 0.6) is 11.5 Å². The number of ether oxygens (including phenoxy) is 2. The molecule has 0 radical (unpaired) electrons. The molecule has 7 nitrogen and oxygen atoms in total. The molecule has 4 aromatic rings. The molecule has 2 aliphatic heterocycles. The molecule has 0 saturated carbocycles. The first-order valence-corrected chi connectivity index (χ1v) is 10.2. The van der Waals surface area contributed by atoms with Crippen LogP contribution in [-0.4, -0.2) is 32.8 Å². The topological polar surface area (TPSA) is 87.6 Å². The molecule has 0 bridgehead atoms. The van der Waals surface area contributed by atoms with E-state index in [-0.39, 0.29) is 11.7 Å². The Morgan fingerprint density at radius 1 is 1.13 bits per heavy atom. The van der Waals surface area contributed by atoms with Gasteiger partial charge in [0.15, 0.2) is 5.65 Å². The van der Waals surface area contributed by atoms with Crippen LogP contribution in [0.3, 0.4) is 0 Å². The Bertz CT molecular complexity index is 1350. The van der Waals surface area contributed by atoms with E-state index in [1.165, 1.54) is 6.07 Å². The highest BCUT2D eigenvalue weighted by Crippen LogP contribution is 2.41. The van der Waals surface area contributed by atoms with Gasteiger partial charge in [-0.1, -0.05) is 0 Å². The van der Waals surface area contributed by atoms with Gasteiger partial charge in [0.1, 0.15) is 23.6 Å². The molecule has 1 aromatic carbocycles. The summed E-state index contributed by atoms with van der Waals surface area (Å²) in [7, 11) is 0. The second-order valence-corrected chi connectivity index (χ2v) is 8.05. The second-order valence-electron chi connectivity index (χ2n) is 8.05. The normalized spacial score (nSPS) is 17.2. The molecule has 0 fully saturated rings. The van der Waals surface area contributed by atoms with Crippen LogP contribution < -0.4 is 15.2 Å². The first-order chi connectivity index (χ1) is 15.1. The van der Waals surface area contributed by atoms with Gasteiger partial charge in [0.25, 0.3) is 0 Å². The molecule has 8 heteroatoms. The summed E-state index contributed by atoms with van der Waals surface area (Å²) in [5.74, 6) is 1.27. The molecule has 0 unspecified atom stereocenters. The second kappa shape index (κ2) is 6.66. The smallest absolute Gasteiger partial charge is 0.169 e. The van der Waals surface area contributed by atoms with Gasteiger partial charge in [0, 0.05) is 22.9 Å². The Labute approximate surface area is 177 Å². The van der Waals surface area contributed by atoms with Gasteiger partial charge in [-0.15, -0.1) is 10.2 Å². The fraction of sp³-hybridized carbons (Fsp3) is 0.261. The summed E-state index contributed by atoms with van der Waals surface area (Å²) in [6.07, 6.45) is 4.57. The molecule has 0 spiro atoms. The quantitative estimate of drug-likeness (QED) is 0.510. The Morgan fingerprint density at radius 2 is 1.97 bits per heavy atom. The number of aryl methyl sites for hydroxylation is 2. The van der Waals surface area contributed by atoms with Gasteiger partial charge in [-0.25, -0.2) is 4.39 Å². The lowest BCUT2D eigenvalue weighted by atomic mass is 9.93. The van der Waals surface area contributed by atoms with Crippen LogP contribution in [0.15, 0.2) is 36.8 Å². The summed E-state index contributed by atoms with van der Waals surface area (Å²) in [5, 5.41) is 8.46. The van der Waals surface area contributed by atoms with Gasteiger partial charge < -0.3 is 15.2 Å². The molecule has 0 aliphatic carbocycles. The fourth-order valence-corrected chi connectivity index (χ4v) is 4.58. The summed E-state index contributed by atoms with van der Waals surface area (Å²) < 4.78 is 28.8. The number of fused-ring (bicyclic) bond motifs is 3. The lowest BCUT2D eigenvalue weighted by Gasteiger charge is -2.16. The lowest BCUT2D eigenvalue weighted by molar-refractivity contribution is 0.246. The molecule has 6 rings (SSSR count). The van der Waals surface area contributed by atoms with Crippen LogP contribution in [0.1, 0.15) is 28.4 Å². The van der Waals surface area contributed by atoms with E-state index in [0.29, 0.717) is 43.0 Å². The highest BCUT2D eigenvalue weighted by Gasteiger charge is 2.31. The van der Waals surface area contributed by atoms with Crippen molar-refractivity contribution < 1.29 is 13.9 Å². The van der Waals surface area contributed by atoms with E-state index >= 15 is 0 Å². The van der Waals surface area contributed by atoms with Crippen LogP contribution in [0.4, 0.5) is 10.1 Å². The van der Waals surface area contributed by atoms with Crippen LogP contribution in [-0.2, 0) is 12.8 Å². The zero-order valence-electron chi connectivity index (χ0n) is 16.9. The van der Waals surface area contributed by atoms with E-state index in [1.807, 2.05) is 23.5 Å². The number of aromatic nitrogens is 4. The Kier molecular flexibility index (Phi) is 3.89. The van der Waals surface area contributed by atoms with Crippen molar-refractivity contribution in [3.63, 3.8) is 0 Å². The molecule has 0 amide bonds. The van der Waals surface area contributed by atoms with Crippen LogP contribution in [0, 0.1) is 12.7 Å². The molecule has 0 saturated heterocycles. The first-order valence-electron chi connectivity index (χ1n) is 10.2. The van der Waals surface area contributed by atoms with Crippen molar-refractivity contribution in [1.29, 1.82) is 0 Å². The molecule has 5 heterocycles. The standard InChI is InChI=1S/C23H20FN5O2/c1-12-18(25)6-13(8-26-12)16-7-21-19(29-11-27-28-23(16)29)4-2-15-17(24)3-5-20-22(15)14(9-30-20)10-31-21/h3,5-8,11,14H,2,4,9-10,25H2,1H3/t14-/m1/s1. The minimum absolute atomic E-state index is 0.0107. The van der Waals surface area contributed by atoms with Crippen molar-refractivity contribution >= 4 is 11.3 Å². The summed E-state index contributed by atoms with van der Waals surface area (Å²) in [5.41, 5.74) is 12.4. The third-order valence-corrected chi connectivity index (χ3v) is 6.24. The number of pyridine rings is 2. The van der Waals surface area contributed by atoms with Crippen LogP contribution in [0.25, 0.3) is 16.8 Å². The maximum Gasteiger partial charge on any atom is 0.169 e. The van der Waals surface area contributed by atoms with Crippen LogP contribution in [0.2, 0.25) is 0 Å². The number of anilines is 1. The van der Waals surface area contributed by atoms with E-state index in [1.54, 1.807) is 18.6 Å². The number of nitrogens with two attached hydrogens (primary N) is 1. The maximum absolute atomic E-state index is 14.7. The molecule has 156 valence electrons. The largest absolute Gasteiger partial charge is 0.493 e. The van der Waals surface area contributed by atoms with E-state index in [0.717, 1.165) is 39.6 Å². The summed E-state index contributed by atoms with van der Waals surface area (Å²) in [6, 6.07) is 7.05. The monoisotopic (exact) mass is 417 g/mol. The zero-order valence-corrected chi connectivity index (χ0v) is 16.9. The van der Waals surface area contributed by atoms with E-state index in [4.69, 9.17) is 15.2 Å². The number of benzene rings is 1. The van der Waals surface area contributed by atoms with Crippen molar-refractivity contribution in [2.75, 3.05) is 18.9 Å². The molecule has 2 N–H and O–H groups in total. The van der Waals surface area contributed by atoms with Crippen molar-refractivity contribution in [3.05, 3.63) is 65.1 Å². The highest BCUT2D eigenvalue weighted by atomic mass is 19.1. The Morgan fingerprint density at radius 3 is 2.81 bits per heavy atom. The molecular weight excluding hydrogens is 397 g/mol. The average molecular weight is 417 g/mol. The number of nitrogens with zero attached hydrogens (tertiary/aromatic N) is 4. The molecular formula is C23H20FN5O2. The molecule has 3 aromatic heterocycles. The molecule has 1 atom stereocenters. The SMILES string of the molecule is Cc1ncc(-c2cc3c(n4cnnc24)CCc2c(F)ccc4c2[C@H](CO4)CO3)cc1N. The number of halogens is 1. The summed E-state index contributed by atoms with van der Waals surface area (Å²) >= 11 is 0. The average Bonchev–Trinajstić information content (AvgIpc) is 3.41. The third-order valence-electron chi connectivity index (χ3n) is 6.24. The first kappa shape index (κ1) is 18.1. The summed E-state index contributed by atoms with van der Waals surface area (Å²) in [6.45, 7) is 2.76. The van der Waals surface area contributed by atoms with Gasteiger partial charge in [0.2, 0.25) is 0 Å². The molecule has 31 heavy (non-hydrogen) atoms. The minimum Gasteiger partial charge on any atom is -0.493 e. The summed E-state index contributed by atoms with van der Waals surface area (Å²) in [4.78, 5) is 4.39. The third kappa shape index (κ3) is 2.74. The number of hydrogen-bond acceptors (Lipinski definition) is 6. The van der Waals surface area contributed by atoms with Crippen molar-refractivity contribution in [3.8, 4) is 22.6 Å². The predicted octanol–water partition coefficient (Wildman–Crippen LogP) is 3.47. The van der Waals surface area contributed by atoms with Gasteiger partial charge >= 0.3 is 0 Å². The van der Waals surface area contributed by atoms with Gasteiger partial charge in [-0.05, 0) is 49.6 Å². The van der Waals surface area contributed by atoms with Crippen molar-refractivity contribution in [1.82, 2.24) is 19.6 Å². The number of nitrogen functional groups attached to an aromatic ring is 1. The van der Waals surface area contributed by atoms with E-state index in [9.17, 15) is 4.39 Å². The van der Waals surface area contributed by atoms with Gasteiger partial charge in [-0.3, -0.25) is 9.38 Å². The highest BCUT2D eigenvalue weighted by molar-refractivity contribution is 5.80. The fourth-order valence-electron chi connectivity index (χ4n) is 4.58. The number of hydrogen-bond donors (Lipinski definition) is 1. The number of rotatable bonds is 1. The molecule has 2 aliphatic rings. The van der Waals surface area contributed by atoms with Gasteiger partial charge in [0.05, 0.1) is 36.2 Å². The lowest BCUT2D eigenvalue weighted by Crippen LogP contribution is -2.13. The van der Waals surface area contributed by atoms with Gasteiger partial charge in [-0.2, -0.15) is 0 Å². The van der Waals surface area contributed by atoms with Crippen molar-refractivity contribution in [2.45, 2.75) is 25.7 Å². The van der Waals surface area contributed by atoms with E-state index in [2.05, 4.69) is 15.2 Å².